The van der Waals surface area contributed by atoms with Crippen LogP contribution in [0.5, 0.6) is 5.75 Å². The molecule has 6 aliphatic rings. The maximum absolute atomic E-state index is 12.1. The van der Waals surface area contributed by atoms with E-state index >= 15 is 0 Å². The van der Waals surface area contributed by atoms with E-state index in [2.05, 4.69) is 11.9 Å². The van der Waals surface area contributed by atoms with Crippen molar-refractivity contribution in [2.75, 3.05) is 129 Å². The van der Waals surface area contributed by atoms with Gasteiger partial charge in [-0.05, 0) is 174 Å². The number of Topliss-reactive ketones (excluding diaryl/α,β-unsaturated/α-hetero) is 6. The van der Waals surface area contributed by atoms with Gasteiger partial charge in [-0.15, -0.1) is 0 Å². The van der Waals surface area contributed by atoms with Gasteiger partial charge in [-0.2, -0.15) is 0 Å². The molecule has 0 spiro atoms. The van der Waals surface area contributed by atoms with E-state index in [-0.39, 0.29) is 101 Å². The average Bonchev–Trinajstić information content (AvgIpc) is 0.966. The zero-order valence-corrected chi connectivity index (χ0v) is 81.3. The minimum atomic E-state index is -0.542. The lowest BCUT2D eigenvalue weighted by Gasteiger charge is -2.28. The molecule has 3 aromatic heterocycles. The van der Waals surface area contributed by atoms with Crippen molar-refractivity contribution >= 4 is 126 Å². The number of nitrogens with zero attached hydrogens (tertiary/aromatic N) is 11. The van der Waals surface area contributed by atoms with Crippen LogP contribution in [0, 0.1) is 0 Å². The number of methoxy groups -OCH3 is 2. The standard InChI is InChI=1S/C18H17NO3.C17H16N2O3.C14H17NO2.C13H16N2O3.C13H15NO3.C12H14N2O3.C12H13NO3.C11H11NO3/c20-17-13-14-7-4-5-10-16(14)19(18(17)21)11-6-12-22-15-8-2-1-3-9-15;20-8-2-7-19-15-5-4-12(13-3-1-6-18-11-13)9-14(15)10-16(21)17(19)22;1-2-3-8-15-13-7-5-4-6-11(13)9-12(16)10-14(15)17;1-14-10-6-3-4-7-11(10)15(8-5-9-18-2)13(17)12(14)16;1-17-8-4-7-14-11-6-3-2-5-10(11)9-12(15)13(14)16;1-13-9-5-2-3-6-10(9)14(7-4-8-15)12(17)11(13)16;14-7-3-6-13-10-5-2-1-4-9(10)8-11(15)12(13)16;13-6-5-12-9-4-2-1-3-8(9)7-10(14)11(12)15/h1-5,7-10H,6,11-13H2;1,3-6,9,11,20H,2,7-8,10H2;4-7H,2-3,8-10H2,1H3;3-4,6-7H,5,8-9H2,1-2H3;2-3,5-6H,4,7-9H2,1H3;2-3,5-6,15H,4,7-8H2,1H3;1-2,4-5,14H,3,6-8H2;1-4,13H,5-7H2. The van der Waals surface area contributed by atoms with E-state index in [0.29, 0.717) is 110 Å². The van der Waals surface area contributed by atoms with Gasteiger partial charge in [-0.25, -0.2) is 0 Å². The number of fused-ring (bicyclic) bond motifs is 8. The highest BCUT2D eigenvalue weighted by Gasteiger charge is 2.36. The van der Waals surface area contributed by atoms with Gasteiger partial charge < -0.3 is 82.3 Å². The fourth-order valence-corrected chi connectivity index (χ4v) is 17.0. The number of ether oxygens (including phenoxy) is 3. The molecule has 34 heteroatoms. The van der Waals surface area contributed by atoms with Crippen LogP contribution in [-0.4, -0.2) is 214 Å². The number of carbonyl (C=O) groups excluding carboxylic acids is 12. The first-order valence-corrected chi connectivity index (χ1v) is 47.7. The van der Waals surface area contributed by atoms with Crippen molar-refractivity contribution in [3.8, 4) is 16.9 Å². The summed E-state index contributed by atoms with van der Waals surface area (Å²) in [7, 11) is 6.44. The molecule has 0 radical (unpaired) electrons. The second kappa shape index (κ2) is 54.4. The van der Waals surface area contributed by atoms with Gasteiger partial charge in [0.05, 0.1) is 41.7 Å². The predicted octanol–water partition coefficient (Wildman–Crippen LogP) is 9.20. The summed E-state index contributed by atoms with van der Waals surface area (Å²) < 4.78 is 21.3. The van der Waals surface area contributed by atoms with E-state index in [1.807, 2.05) is 212 Å². The Hall–Kier alpha value is -15.6. The van der Waals surface area contributed by atoms with Gasteiger partial charge in [0.2, 0.25) is 34.8 Å². The van der Waals surface area contributed by atoms with E-state index in [4.69, 9.17) is 34.6 Å². The second-order valence-electron chi connectivity index (χ2n) is 34.1. The fourth-order valence-electron chi connectivity index (χ4n) is 17.0. The predicted molar refractivity (Wildman–Crippen MR) is 546 cm³/mol. The zero-order chi connectivity index (χ0) is 103. The minimum Gasteiger partial charge on any atom is -0.494 e. The van der Waals surface area contributed by atoms with Crippen LogP contribution in [0.1, 0.15) is 98.1 Å². The van der Waals surface area contributed by atoms with Gasteiger partial charge in [0.1, 0.15) is 11.5 Å². The number of hydrogen-bond acceptors (Lipinski definition) is 24. The molecule has 0 fully saturated rings. The molecule has 752 valence electrons. The Morgan fingerprint density at radius 3 is 1.02 bits per heavy atom. The number of aryl methyl sites for hydroxylation is 4. The molecule has 0 saturated carbocycles. The molecule has 9 heterocycles. The van der Waals surface area contributed by atoms with Crippen LogP contribution in [0.3, 0.4) is 0 Å². The summed E-state index contributed by atoms with van der Waals surface area (Å²) in [4.78, 5) is 202. The topological polar surface area (TPSA) is 434 Å². The number of unbranched alkanes of at least 4 members (excludes halogenated alkanes) is 1. The largest absolute Gasteiger partial charge is 0.494 e. The normalized spacial score (nSPS) is 13.9. The molecule has 6 aliphatic heterocycles. The van der Waals surface area contributed by atoms with E-state index in [1.54, 1.807) is 73.6 Å². The monoisotopic (exact) mass is 1960 g/mol. The molecule has 6 amide bonds. The van der Waals surface area contributed by atoms with Crippen molar-refractivity contribution < 1.29 is 92.2 Å². The van der Waals surface area contributed by atoms with Crippen molar-refractivity contribution in [1.29, 1.82) is 0 Å². The number of aromatic nitrogens is 5. The summed E-state index contributed by atoms with van der Waals surface area (Å²) in [6.45, 7) is 7.06. The number of rotatable bonds is 28. The third-order valence-corrected chi connectivity index (χ3v) is 24.2. The molecule has 9 aromatic carbocycles. The fraction of sp³-hybridized carbons (Fsp3) is 0.318. The maximum Gasteiger partial charge on any atom is 0.316 e. The Labute approximate surface area is 831 Å². The smallest absolute Gasteiger partial charge is 0.316 e. The van der Waals surface area contributed by atoms with Crippen LogP contribution in [-0.2, 0) is 133 Å². The third kappa shape index (κ3) is 28.0. The third-order valence-electron chi connectivity index (χ3n) is 24.2. The van der Waals surface area contributed by atoms with Crippen LogP contribution in [0.25, 0.3) is 33.2 Å². The van der Waals surface area contributed by atoms with E-state index in [1.165, 1.54) is 33.0 Å². The summed E-state index contributed by atoms with van der Waals surface area (Å²) in [5.74, 6) is -3.42. The molecule has 18 rings (SSSR count). The van der Waals surface area contributed by atoms with Gasteiger partial charge in [0, 0.05) is 199 Å². The van der Waals surface area contributed by atoms with Crippen molar-refractivity contribution in [3.05, 3.63) is 318 Å². The molecule has 0 unspecified atom stereocenters. The van der Waals surface area contributed by atoms with Crippen molar-refractivity contribution in [2.45, 2.75) is 116 Å². The Morgan fingerprint density at radius 2 is 0.625 bits per heavy atom. The van der Waals surface area contributed by atoms with Crippen LogP contribution >= 0.6 is 0 Å². The van der Waals surface area contributed by atoms with Crippen molar-refractivity contribution in [2.24, 2.45) is 14.1 Å². The van der Waals surface area contributed by atoms with E-state index in [9.17, 15) is 76.7 Å². The molecule has 4 N–H and O–H groups in total. The van der Waals surface area contributed by atoms with Crippen molar-refractivity contribution in [1.82, 2.24) is 23.3 Å². The number of ketones is 6. The SMILES string of the molecule is CCCCN1C(=O)CC(=O)Cc2ccccc21.COCCCN1C(=O)C(=O)Cc2ccccc21.COCCCn1c(=O)c(=O)n(C)c2ccccc21.Cn1c(=O)c(=O)n(CCCO)c2ccccc21.O=C1Cc2cc(-c3cccnc3)ccc2N(CCCO)C1=O.O=C1Cc2ccccc2N(CCCO)C1=O.O=C1Cc2ccccc2N(CCCOc2ccccc2)C1=O.O=C1Cc2ccccc2N(CCO)C1=O. The number of aliphatic hydroxyl groups excluding tert-OH is 4. The number of aliphatic hydroxyl groups is 4. The summed E-state index contributed by atoms with van der Waals surface area (Å²) in [6.07, 6.45) is 10.3. The molecule has 12 aromatic rings. The van der Waals surface area contributed by atoms with Gasteiger partial charge >= 0.3 is 22.2 Å². The van der Waals surface area contributed by atoms with Crippen LogP contribution in [0.15, 0.2) is 262 Å². The Balaban J connectivity index is 0.000000157. The molecule has 34 nitrogen and oxygen atoms in total. The number of hydrogen-bond donors (Lipinski definition) is 4. The highest BCUT2D eigenvalue weighted by Crippen LogP contribution is 2.35. The average molecular weight is 1960 g/mol. The number of benzene rings is 9. The zero-order valence-electron chi connectivity index (χ0n) is 81.3. The van der Waals surface area contributed by atoms with E-state index in [0.717, 1.165) is 120 Å². The highest BCUT2D eigenvalue weighted by atomic mass is 16.5. The highest BCUT2D eigenvalue weighted by molar-refractivity contribution is 6.45. The quantitative estimate of drug-likeness (QED) is 0.0201. The van der Waals surface area contributed by atoms with Gasteiger partial charge in [-0.1, -0.05) is 159 Å². The van der Waals surface area contributed by atoms with Crippen LogP contribution in [0.4, 0.5) is 34.1 Å². The summed E-state index contributed by atoms with van der Waals surface area (Å²) >= 11 is 0. The first-order chi connectivity index (χ1) is 69.7. The summed E-state index contributed by atoms with van der Waals surface area (Å²) in [5, 5.41) is 35.4. The van der Waals surface area contributed by atoms with Crippen LogP contribution < -0.4 is 56.4 Å². The number of anilines is 6. The molecular formula is C110H119N11O23. The first-order valence-electron chi connectivity index (χ1n) is 47.7. The minimum absolute atomic E-state index is 0.00399. The molecule has 0 atom stereocenters. The maximum atomic E-state index is 12.1. The Morgan fingerprint density at radius 1 is 0.292 bits per heavy atom. The Bertz CT molecular complexity index is 6850. The number of pyridine rings is 1. The summed E-state index contributed by atoms with van der Waals surface area (Å²) in [5.41, 5.74) is 13.1. The second-order valence-corrected chi connectivity index (χ2v) is 34.1. The molecule has 144 heavy (non-hydrogen) atoms. The Kier molecular flexibility index (Phi) is 41.1. The molecule has 0 aliphatic carbocycles. The lowest BCUT2D eigenvalue weighted by atomic mass is 9.95. The summed E-state index contributed by atoms with van der Waals surface area (Å²) in [6, 6.07) is 71.1. The van der Waals surface area contributed by atoms with Crippen molar-refractivity contribution in [3.63, 3.8) is 0 Å². The van der Waals surface area contributed by atoms with Gasteiger partial charge in [0.15, 0.2) is 0 Å². The number of amides is 6. The lowest BCUT2D eigenvalue weighted by Crippen LogP contribution is -2.43. The van der Waals surface area contributed by atoms with Gasteiger partial charge in [-0.3, -0.25) is 81.7 Å². The molecule has 0 bridgehead atoms. The number of carbonyl (C=O) groups is 12. The van der Waals surface area contributed by atoms with Crippen LogP contribution in [0.2, 0.25) is 0 Å². The first kappa shape index (κ1) is 109. The van der Waals surface area contributed by atoms with E-state index < -0.39 is 63.3 Å². The van der Waals surface area contributed by atoms with Gasteiger partial charge in [0.25, 0.3) is 29.5 Å². The number of para-hydroxylation sites is 10. The molecule has 0 saturated heterocycles. The number of β-amino-alcohol motifs (C(OH)–C–C–N with tert-alkyl or cyclic N) is 1. The molecular weight excluding hydrogens is 1840 g/mol. The lowest BCUT2D eigenvalue weighted by molar-refractivity contribution is -0.136.